The molecule has 0 saturated carbocycles. The van der Waals surface area contributed by atoms with Crippen LogP contribution in [0.3, 0.4) is 0 Å². The van der Waals surface area contributed by atoms with Crippen molar-refractivity contribution >= 4 is 28.5 Å². The second-order valence-corrected chi connectivity index (χ2v) is 3.62. The third kappa shape index (κ3) is 1.61. The summed E-state index contributed by atoms with van der Waals surface area (Å²) in [5.74, 6) is 0.737. The molecule has 1 aromatic heterocycles. The predicted molar refractivity (Wildman–Crippen MR) is 61.8 cm³/mol. The number of hydrogen-bond donors (Lipinski definition) is 2. The van der Waals surface area contributed by atoms with Crippen molar-refractivity contribution in [1.82, 2.24) is 9.97 Å². The fourth-order valence-electron chi connectivity index (χ4n) is 1.27. The Morgan fingerprint density at radius 2 is 2.29 bits per heavy atom. The zero-order valence-corrected chi connectivity index (χ0v) is 8.64. The number of H-pyrrole nitrogens is 1. The molecule has 4 heteroatoms. The molecule has 0 atom stereocenters. The van der Waals surface area contributed by atoms with E-state index in [9.17, 15) is 0 Å². The van der Waals surface area contributed by atoms with Gasteiger partial charge in [-0.15, -0.1) is 11.8 Å². The molecule has 1 heterocycles. The summed E-state index contributed by atoms with van der Waals surface area (Å²) in [6.45, 7) is 0. The maximum Gasteiger partial charge on any atom is 0.154 e. The van der Waals surface area contributed by atoms with Crippen LogP contribution in [-0.4, -0.2) is 16.2 Å². The number of fused-ring (bicyclic) bond motifs is 1. The van der Waals surface area contributed by atoms with Crippen LogP contribution in [0.15, 0.2) is 29.7 Å². The highest BCUT2D eigenvalue weighted by Crippen LogP contribution is 2.15. The summed E-state index contributed by atoms with van der Waals surface area (Å²) in [7, 11) is 0. The first-order chi connectivity index (χ1) is 6.81. The summed E-state index contributed by atoms with van der Waals surface area (Å²) < 4.78 is 0. The molecule has 1 aromatic carbocycles. The number of rotatable bonds is 2. The summed E-state index contributed by atoms with van der Waals surface area (Å²) in [5, 5.41) is 1.87. The van der Waals surface area contributed by atoms with Gasteiger partial charge in [0.25, 0.3) is 0 Å². The number of nitrogens with two attached hydrogens (primary N) is 1. The molecule has 2 aromatic rings. The first-order valence-corrected chi connectivity index (χ1v) is 5.53. The number of nitrogens with zero attached hydrogens (tertiary/aromatic N) is 1. The maximum absolute atomic E-state index is 5.82. The first kappa shape index (κ1) is 9.15. The molecule has 0 aliphatic rings. The maximum atomic E-state index is 5.82. The molecule has 0 spiro atoms. The number of aromatic amines is 1. The van der Waals surface area contributed by atoms with Gasteiger partial charge >= 0.3 is 0 Å². The highest BCUT2D eigenvalue weighted by atomic mass is 32.2. The lowest BCUT2D eigenvalue weighted by atomic mass is 10.3. The molecule has 0 fully saturated rings. The Hall–Kier alpha value is -1.42. The molecule has 3 N–H and O–H groups in total. The molecule has 2 rings (SSSR count). The van der Waals surface area contributed by atoms with Crippen molar-refractivity contribution in [1.29, 1.82) is 0 Å². The van der Waals surface area contributed by atoms with Gasteiger partial charge in [0.1, 0.15) is 0 Å². The van der Waals surface area contributed by atoms with Gasteiger partial charge in [0.15, 0.2) is 5.82 Å². The van der Waals surface area contributed by atoms with Gasteiger partial charge in [-0.25, -0.2) is 4.98 Å². The Kier molecular flexibility index (Phi) is 2.45. The van der Waals surface area contributed by atoms with E-state index in [-0.39, 0.29) is 0 Å². The largest absolute Gasteiger partial charge is 0.395 e. The predicted octanol–water partition coefficient (Wildman–Crippen LogP) is 2.18. The van der Waals surface area contributed by atoms with E-state index in [2.05, 4.69) is 9.97 Å². The fourth-order valence-corrected chi connectivity index (χ4v) is 1.64. The minimum atomic E-state index is 0.675. The molecule has 72 valence electrons. The number of benzene rings is 1. The molecular weight excluding hydrogens is 194 g/mol. The Labute approximate surface area is 86.4 Å². The van der Waals surface area contributed by atoms with Crippen molar-refractivity contribution in [3.8, 4) is 0 Å². The van der Waals surface area contributed by atoms with Gasteiger partial charge in [-0.2, -0.15) is 0 Å². The molecule has 0 amide bonds. The average Bonchev–Trinajstić information content (AvgIpc) is 2.61. The van der Waals surface area contributed by atoms with E-state index < -0.39 is 0 Å². The number of aromatic nitrogens is 2. The van der Waals surface area contributed by atoms with Crippen LogP contribution in [0.5, 0.6) is 0 Å². The second-order valence-electron chi connectivity index (χ2n) is 2.91. The summed E-state index contributed by atoms with van der Waals surface area (Å²) in [6, 6.07) is 7.88. The van der Waals surface area contributed by atoms with E-state index in [1.165, 1.54) is 0 Å². The van der Waals surface area contributed by atoms with E-state index in [0.717, 1.165) is 16.9 Å². The summed E-state index contributed by atoms with van der Waals surface area (Å²) in [6.07, 6.45) is 1.97. The molecule has 3 nitrogen and oxygen atoms in total. The van der Waals surface area contributed by atoms with Crippen LogP contribution in [-0.2, 0) is 0 Å². The Bertz CT molecular complexity index is 440. The molecule has 0 unspecified atom stereocenters. The minimum absolute atomic E-state index is 0.675. The highest BCUT2D eigenvalue weighted by molar-refractivity contribution is 8.01. The zero-order chi connectivity index (χ0) is 9.97. The summed E-state index contributed by atoms with van der Waals surface area (Å²) >= 11 is 1.57. The molecular formula is C10H11N3S. The number of hydrogen-bond acceptors (Lipinski definition) is 3. The summed E-state index contributed by atoms with van der Waals surface area (Å²) in [4.78, 5) is 7.53. The normalized spacial score (nSPS) is 12.2. The number of nitrogens with one attached hydrogen (secondary N) is 1. The lowest BCUT2D eigenvalue weighted by Crippen LogP contribution is -1.97. The SMILES string of the molecule is CS/C=C(\N)c1nc2ccccc2[nH]1. The topological polar surface area (TPSA) is 54.7 Å². The van der Waals surface area contributed by atoms with Crippen LogP contribution in [0.4, 0.5) is 0 Å². The number of imidazole rings is 1. The average molecular weight is 205 g/mol. The fraction of sp³-hybridized carbons (Fsp3) is 0.100. The molecule has 0 aliphatic heterocycles. The van der Waals surface area contributed by atoms with E-state index in [1.54, 1.807) is 11.8 Å². The van der Waals surface area contributed by atoms with Crippen molar-refractivity contribution < 1.29 is 0 Å². The third-order valence-electron chi connectivity index (χ3n) is 1.91. The van der Waals surface area contributed by atoms with Crippen LogP contribution >= 0.6 is 11.8 Å². The monoisotopic (exact) mass is 205 g/mol. The van der Waals surface area contributed by atoms with Crippen molar-refractivity contribution in [3.63, 3.8) is 0 Å². The smallest absolute Gasteiger partial charge is 0.154 e. The minimum Gasteiger partial charge on any atom is -0.395 e. The Morgan fingerprint density at radius 3 is 3.00 bits per heavy atom. The summed E-state index contributed by atoms with van der Waals surface area (Å²) in [5.41, 5.74) is 8.45. The molecule has 0 saturated heterocycles. The second kappa shape index (κ2) is 3.75. The van der Waals surface area contributed by atoms with Gasteiger partial charge < -0.3 is 10.7 Å². The lowest BCUT2D eigenvalue weighted by molar-refractivity contribution is 1.24. The zero-order valence-electron chi connectivity index (χ0n) is 7.82. The third-order valence-corrected chi connectivity index (χ3v) is 2.40. The van der Waals surface area contributed by atoms with Gasteiger partial charge in [-0.3, -0.25) is 0 Å². The van der Waals surface area contributed by atoms with Crippen LogP contribution in [0, 0.1) is 0 Å². The molecule has 0 bridgehead atoms. The van der Waals surface area contributed by atoms with E-state index in [1.807, 2.05) is 35.9 Å². The van der Waals surface area contributed by atoms with Gasteiger partial charge in [0, 0.05) is 0 Å². The van der Waals surface area contributed by atoms with E-state index in [0.29, 0.717) is 5.70 Å². The quantitative estimate of drug-likeness (QED) is 0.790. The van der Waals surface area contributed by atoms with Crippen LogP contribution in [0.2, 0.25) is 0 Å². The van der Waals surface area contributed by atoms with E-state index >= 15 is 0 Å². The van der Waals surface area contributed by atoms with E-state index in [4.69, 9.17) is 5.73 Å². The van der Waals surface area contributed by atoms with Gasteiger partial charge in [0.2, 0.25) is 0 Å². The van der Waals surface area contributed by atoms with Crippen molar-refractivity contribution in [3.05, 3.63) is 35.5 Å². The molecule has 14 heavy (non-hydrogen) atoms. The lowest BCUT2D eigenvalue weighted by Gasteiger charge is -1.92. The first-order valence-electron chi connectivity index (χ1n) is 4.25. The molecule has 0 aliphatic carbocycles. The molecule has 0 radical (unpaired) electrons. The van der Waals surface area contributed by atoms with Crippen LogP contribution in [0.25, 0.3) is 16.7 Å². The van der Waals surface area contributed by atoms with Crippen molar-refractivity contribution in [2.45, 2.75) is 0 Å². The van der Waals surface area contributed by atoms with Crippen LogP contribution < -0.4 is 5.73 Å². The van der Waals surface area contributed by atoms with Gasteiger partial charge in [-0.05, 0) is 23.8 Å². The standard InChI is InChI=1S/C10H11N3S/c1-14-6-7(11)10-12-8-4-2-3-5-9(8)13-10/h2-6H,11H2,1H3,(H,12,13)/b7-6-. The Balaban J connectivity index is 2.50. The van der Waals surface area contributed by atoms with Gasteiger partial charge in [-0.1, -0.05) is 12.1 Å². The van der Waals surface area contributed by atoms with Crippen molar-refractivity contribution in [2.75, 3.05) is 6.26 Å². The van der Waals surface area contributed by atoms with Crippen molar-refractivity contribution in [2.24, 2.45) is 5.73 Å². The number of para-hydroxylation sites is 2. The Morgan fingerprint density at radius 1 is 1.50 bits per heavy atom. The number of thioether (sulfide) groups is 1. The van der Waals surface area contributed by atoms with Crippen LogP contribution in [0.1, 0.15) is 5.82 Å². The highest BCUT2D eigenvalue weighted by Gasteiger charge is 2.02. The van der Waals surface area contributed by atoms with Gasteiger partial charge in [0.05, 0.1) is 16.7 Å².